The van der Waals surface area contributed by atoms with E-state index < -0.39 is 26.7 Å². The van der Waals surface area contributed by atoms with E-state index in [0.29, 0.717) is 12.5 Å². The van der Waals surface area contributed by atoms with Crippen LogP contribution in [0.25, 0.3) is 0 Å². The number of nitrogens with one attached hydrogen (secondary N) is 2. The molecule has 1 aliphatic heterocycles. The Morgan fingerprint density at radius 1 is 1.35 bits per heavy atom. The Morgan fingerprint density at radius 2 is 2.00 bits per heavy atom. The van der Waals surface area contributed by atoms with Gasteiger partial charge in [0.05, 0.1) is 10.6 Å². The maximum absolute atomic E-state index is 12.7. The van der Waals surface area contributed by atoms with Gasteiger partial charge in [0.1, 0.15) is 4.90 Å². The third-order valence-corrected chi connectivity index (χ3v) is 5.59. The number of sulfonamides is 1. The van der Waals surface area contributed by atoms with Crippen molar-refractivity contribution in [3.8, 4) is 0 Å². The Kier molecular flexibility index (Phi) is 6.74. The van der Waals surface area contributed by atoms with E-state index in [2.05, 4.69) is 10.0 Å². The van der Waals surface area contributed by atoms with Crippen LogP contribution in [-0.2, 0) is 16.2 Å². The lowest BCUT2D eigenvalue weighted by Gasteiger charge is -2.30. The van der Waals surface area contributed by atoms with Crippen molar-refractivity contribution in [1.29, 1.82) is 0 Å². The lowest BCUT2D eigenvalue weighted by Crippen LogP contribution is -2.51. The van der Waals surface area contributed by atoms with Crippen molar-refractivity contribution in [1.82, 2.24) is 10.0 Å². The first kappa shape index (κ1) is 20.5. The standard InChI is InChI=1S/C13H16ClF3N2O2S.ClH/c1-8-11(3-2-6-18-8)19-22(20,21)12-7-9(13(15,16)17)4-5-10(12)14;/h4-5,7-8,11,18-19H,2-3,6H2,1H3;1H. The molecule has 0 radical (unpaired) electrons. The fourth-order valence-corrected chi connectivity index (χ4v) is 4.23. The molecular weight excluding hydrogens is 376 g/mol. The molecule has 0 aliphatic carbocycles. The van der Waals surface area contributed by atoms with E-state index in [0.717, 1.165) is 25.1 Å². The van der Waals surface area contributed by atoms with Crippen LogP contribution >= 0.6 is 24.0 Å². The normalized spacial score (nSPS) is 22.5. The first-order valence-electron chi connectivity index (χ1n) is 6.74. The highest BCUT2D eigenvalue weighted by atomic mass is 35.5. The fraction of sp³-hybridized carbons (Fsp3) is 0.538. The number of halogens is 5. The molecule has 1 aliphatic rings. The third kappa shape index (κ3) is 4.96. The van der Waals surface area contributed by atoms with Crippen molar-refractivity contribution in [2.24, 2.45) is 0 Å². The Hall–Kier alpha value is -0.540. The Balaban J connectivity index is 0.00000264. The quantitative estimate of drug-likeness (QED) is 0.830. The average molecular weight is 393 g/mol. The summed E-state index contributed by atoms with van der Waals surface area (Å²) in [5.74, 6) is 0. The number of hydrogen-bond acceptors (Lipinski definition) is 3. The summed E-state index contributed by atoms with van der Waals surface area (Å²) in [4.78, 5) is -0.554. The number of piperidine rings is 1. The van der Waals surface area contributed by atoms with Gasteiger partial charge < -0.3 is 5.32 Å². The van der Waals surface area contributed by atoms with Crippen LogP contribution in [-0.4, -0.2) is 27.0 Å². The molecule has 0 spiro atoms. The monoisotopic (exact) mass is 392 g/mol. The molecule has 1 aromatic carbocycles. The van der Waals surface area contributed by atoms with E-state index in [1.165, 1.54) is 0 Å². The SMILES string of the molecule is CC1NCCCC1NS(=O)(=O)c1cc(C(F)(F)F)ccc1Cl.Cl. The summed E-state index contributed by atoms with van der Waals surface area (Å²) in [5, 5.41) is 2.88. The first-order chi connectivity index (χ1) is 10.1. The van der Waals surface area contributed by atoms with Gasteiger partial charge in [0.15, 0.2) is 0 Å². The van der Waals surface area contributed by atoms with Gasteiger partial charge >= 0.3 is 6.18 Å². The van der Waals surface area contributed by atoms with Crippen LogP contribution in [0.15, 0.2) is 23.1 Å². The Bertz CT molecular complexity index is 653. The highest BCUT2D eigenvalue weighted by Gasteiger charge is 2.34. The molecule has 2 N–H and O–H groups in total. The smallest absolute Gasteiger partial charge is 0.313 e. The summed E-state index contributed by atoms with van der Waals surface area (Å²) in [6, 6.07) is 1.77. The van der Waals surface area contributed by atoms with Crippen molar-refractivity contribution in [3.05, 3.63) is 28.8 Å². The number of hydrogen-bond donors (Lipinski definition) is 2. The molecule has 4 nitrogen and oxygen atoms in total. The van der Waals surface area contributed by atoms with Crippen LogP contribution in [0.4, 0.5) is 13.2 Å². The van der Waals surface area contributed by atoms with E-state index in [4.69, 9.17) is 11.6 Å². The maximum Gasteiger partial charge on any atom is 0.416 e. The molecule has 0 saturated carbocycles. The minimum absolute atomic E-state index is 0. The van der Waals surface area contributed by atoms with Crippen LogP contribution < -0.4 is 10.0 Å². The second-order valence-corrected chi connectivity index (χ2v) is 7.35. The predicted octanol–water partition coefficient (Wildman–Crippen LogP) is 3.20. The molecule has 2 rings (SSSR count). The summed E-state index contributed by atoms with van der Waals surface area (Å²) in [5.41, 5.74) is -1.05. The maximum atomic E-state index is 12.7. The molecule has 1 saturated heterocycles. The molecule has 2 atom stereocenters. The average Bonchev–Trinajstić information content (AvgIpc) is 2.40. The van der Waals surface area contributed by atoms with Crippen molar-refractivity contribution >= 4 is 34.0 Å². The van der Waals surface area contributed by atoms with Crippen molar-refractivity contribution < 1.29 is 21.6 Å². The van der Waals surface area contributed by atoms with Gasteiger partial charge in [-0.05, 0) is 44.5 Å². The Morgan fingerprint density at radius 3 is 2.57 bits per heavy atom. The molecule has 1 aromatic rings. The third-order valence-electron chi connectivity index (χ3n) is 3.62. The van der Waals surface area contributed by atoms with Crippen molar-refractivity contribution in [3.63, 3.8) is 0 Å². The molecule has 0 amide bonds. The molecule has 10 heteroatoms. The van der Waals surface area contributed by atoms with E-state index in [9.17, 15) is 21.6 Å². The van der Waals surface area contributed by atoms with Gasteiger partial charge in [-0.1, -0.05) is 11.6 Å². The zero-order valence-corrected chi connectivity index (χ0v) is 14.5. The largest absolute Gasteiger partial charge is 0.416 e. The second kappa shape index (κ2) is 7.57. The minimum atomic E-state index is -4.63. The fourth-order valence-electron chi connectivity index (χ4n) is 2.35. The zero-order chi connectivity index (χ0) is 16.5. The molecule has 0 aromatic heterocycles. The lowest BCUT2D eigenvalue weighted by molar-refractivity contribution is -0.137. The van der Waals surface area contributed by atoms with Crippen LogP contribution in [0, 0.1) is 0 Å². The van der Waals surface area contributed by atoms with E-state index in [-0.39, 0.29) is 29.5 Å². The second-order valence-electron chi connectivity index (χ2n) is 5.26. The van der Waals surface area contributed by atoms with Gasteiger partial charge in [-0.2, -0.15) is 13.2 Å². The summed E-state index contributed by atoms with van der Waals surface area (Å²) < 4.78 is 65.4. The number of benzene rings is 1. The van der Waals surface area contributed by atoms with E-state index >= 15 is 0 Å². The van der Waals surface area contributed by atoms with E-state index in [1.807, 2.05) is 6.92 Å². The summed E-state index contributed by atoms with van der Waals surface area (Å²) >= 11 is 5.78. The first-order valence-corrected chi connectivity index (χ1v) is 8.60. The molecule has 1 heterocycles. The van der Waals surface area contributed by atoms with Gasteiger partial charge in [0, 0.05) is 12.1 Å². The van der Waals surface area contributed by atoms with Crippen LogP contribution in [0.3, 0.4) is 0 Å². The highest BCUT2D eigenvalue weighted by Crippen LogP contribution is 2.33. The molecule has 132 valence electrons. The molecule has 0 bridgehead atoms. The van der Waals surface area contributed by atoms with Crippen molar-refractivity contribution in [2.45, 2.75) is 42.9 Å². The van der Waals surface area contributed by atoms with Crippen LogP contribution in [0.5, 0.6) is 0 Å². The van der Waals surface area contributed by atoms with E-state index in [1.54, 1.807) is 0 Å². The summed E-state index contributed by atoms with van der Waals surface area (Å²) in [6.45, 7) is 2.60. The highest BCUT2D eigenvalue weighted by molar-refractivity contribution is 7.89. The van der Waals surface area contributed by atoms with Gasteiger partial charge in [-0.25, -0.2) is 13.1 Å². The summed E-state index contributed by atoms with van der Waals surface area (Å²) in [6.07, 6.45) is -3.23. The number of alkyl halides is 3. The van der Waals surface area contributed by atoms with Crippen LogP contribution in [0.2, 0.25) is 5.02 Å². The molecule has 2 unspecified atom stereocenters. The zero-order valence-electron chi connectivity index (χ0n) is 12.2. The Labute approximate surface area is 144 Å². The molecule has 23 heavy (non-hydrogen) atoms. The lowest BCUT2D eigenvalue weighted by atomic mass is 10.0. The predicted molar refractivity (Wildman–Crippen MR) is 84.5 cm³/mol. The minimum Gasteiger partial charge on any atom is -0.313 e. The topological polar surface area (TPSA) is 58.2 Å². The molecule has 1 fully saturated rings. The van der Waals surface area contributed by atoms with Gasteiger partial charge in [0.25, 0.3) is 0 Å². The number of rotatable bonds is 3. The summed E-state index contributed by atoms with van der Waals surface area (Å²) in [7, 11) is -4.13. The van der Waals surface area contributed by atoms with Gasteiger partial charge in [-0.3, -0.25) is 0 Å². The van der Waals surface area contributed by atoms with Gasteiger partial charge in [-0.15, -0.1) is 12.4 Å². The van der Waals surface area contributed by atoms with Gasteiger partial charge in [0.2, 0.25) is 10.0 Å². The van der Waals surface area contributed by atoms with Crippen molar-refractivity contribution in [2.75, 3.05) is 6.54 Å². The molecular formula is C13H17Cl2F3N2O2S. The van der Waals surface area contributed by atoms with Crippen LogP contribution in [0.1, 0.15) is 25.3 Å².